The molecule has 7 nitrogen and oxygen atoms in total. The number of sulfone groups is 1. The Hall–Kier alpha value is -3.72. The van der Waals surface area contributed by atoms with Gasteiger partial charge in [0.25, 0.3) is 5.91 Å². The van der Waals surface area contributed by atoms with Gasteiger partial charge >= 0.3 is 0 Å². The van der Waals surface area contributed by atoms with E-state index in [4.69, 9.17) is 0 Å². The summed E-state index contributed by atoms with van der Waals surface area (Å²) in [4.78, 5) is 25.0. The first kappa shape index (κ1) is 22.5. The number of halogens is 1. The summed E-state index contributed by atoms with van der Waals surface area (Å²) >= 11 is 0. The molecule has 3 N–H and O–H groups in total. The molecule has 1 aliphatic heterocycles. The molecule has 0 bridgehead atoms. The molecule has 1 heterocycles. The molecule has 1 aliphatic rings. The van der Waals surface area contributed by atoms with Crippen LogP contribution in [0.4, 0.5) is 15.8 Å². The number of carbonyl (C=O) groups is 2. The summed E-state index contributed by atoms with van der Waals surface area (Å²) in [5, 5.41) is 8.39. The van der Waals surface area contributed by atoms with Crippen molar-refractivity contribution in [2.75, 3.05) is 16.4 Å². The average Bonchev–Trinajstić information content (AvgIpc) is 2.79. The summed E-state index contributed by atoms with van der Waals surface area (Å²) in [5.41, 5.74) is 2.25. The normalized spacial score (nSPS) is 15.2. The molecule has 3 aromatic carbocycles. The summed E-state index contributed by atoms with van der Waals surface area (Å²) in [6.45, 7) is 0.359. The Morgan fingerprint density at radius 1 is 0.970 bits per heavy atom. The molecule has 0 saturated carbocycles. The number of fused-ring (bicyclic) bond motifs is 1. The monoisotopic (exact) mass is 467 g/mol. The third-order valence-electron chi connectivity index (χ3n) is 5.24. The van der Waals surface area contributed by atoms with Crippen molar-refractivity contribution in [2.24, 2.45) is 0 Å². The van der Waals surface area contributed by atoms with E-state index < -0.39 is 39.1 Å². The van der Waals surface area contributed by atoms with Crippen molar-refractivity contribution in [3.63, 3.8) is 0 Å². The summed E-state index contributed by atoms with van der Waals surface area (Å²) in [6, 6.07) is 18.7. The predicted molar refractivity (Wildman–Crippen MR) is 124 cm³/mol. The third kappa shape index (κ3) is 5.56. The smallest absolute Gasteiger partial charge is 0.251 e. The van der Waals surface area contributed by atoms with Crippen LogP contribution in [0, 0.1) is 5.82 Å². The van der Waals surface area contributed by atoms with Crippen LogP contribution in [0.15, 0.2) is 72.8 Å². The van der Waals surface area contributed by atoms with Gasteiger partial charge < -0.3 is 16.0 Å². The molecule has 0 saturated heterocycles. The molecule has 1 atom stereocenters. The van der Waals surface area contributed by atoms with Gasteiger partial charge in [-0.15, -0.1) is 0 Å². The van der Waals surface area contributed by atoms with E-state index >= 15 is 0 Å². The van der Waals surface area contributed by atoms with Crippen LogP contribution in [0.5, 0.6) is 0 Å². The lowest BCUT2D eigenvalue weighted by atomic mass is 10.1. The van der Waals surface area contributed by atoms with E-state index in [1.54, 1.807) is 24.3 Å². The summed E-state index contributed by atoms with van der Waals surface area (Å²) in [7, 11) is -3.80. The molecule has 0 aromatic heterocycles. The van der Waals surface area contributed by atoms with E-state index in [1.807, 2.05) is 30.3 Å². The van der Waals surface area contributed by atoms with Gasteiger partial charge in [0.15, 0.2) is 9.84 Å². The quantitative estimate of drug-likeness (QED) is 0.495. The molecule has 3 aromatic rings. The first-order valence-electron chi connectivity index (χ1n) is 10.3. The molecule has 2 amide bonds. The highest BCUT2D eigenvalue weighted by Gasteiger charge is 2.31. The number of rotatable bonds is 7. The van der Waals surface area contributed by atoms with Gasteiger partial charge in [-0.25, -0.2) is 12.8 Å². The molecular weight excluding hydrogens is 445 g/mol. The first-order chi connectivity index (χ1) is 15.8. The largest absolute Gasteiger partial charge is 0.371 e. The minimum absolute atomic E-state index is 0.0477. The topological polar surface area (TPSA) is 104 Å². The van der Waals surface area contributed by atoms with Gasteiger partial charge in [-0.05, 0) is 29.8 Å². The summed E-state index contributed by atoms with van der Waals surface area (Å²) in [6.07, 6.45) is 0. The van der Waals surface area contributed by atoms with E-state index in [9.17, 15) is 22.4 Å². The SMILES string of the molecule is O=C(NCc1ccccc1)c1ccc2c(c1)NC(CS(=O)(=O)Cc1ccccc1F)C(=O)N2. The standard InChI is InChI=1S/C24H22FN3O4S/c25-19-9-5-4-8-18(19)14-33(31,32)15-22-24(30)28-20-11-10-17(12-21(20)27-22)23(29)26-13-16-6-2-1-3-7-16/h1-12,22,27H,13-15H2,(H,26,29)(H,28,30). The second kappa shape index (κ2) is 9.41. The van der Waals surface area contributed by atoms with Crippen molar-refractivity contribution in [3.05, 3.63) is 95.3 Å². The Balaban J connectivity index is 1.45. The molecule has 0 aliphatic carbocycles. The van der Waals surface area contributed by atoms with Gasteiger partial charge in [-0.1, -0.05) is 48.5 Å². The van der Waals surface area contributed by atoms with Crippen molar-refractivity contribution in [3.8, 4) is 0 Å². The van der Waals surface area contributed by atoms with Crippen LogP contribution in [0.1, 0.15) is 21.5 Å². The van der Waals surface area contributed by atoms with Crippen LogP contribution in [0.2, 0.25) is 0 Å². The van der Waals surface area contributed by atoms with E-state index in [1.165, 1.54) is 18.2 Å². The molecule has 0 radical (unpaired) electrons. The Morgan fingerprint density at radius 3 is 2.45 bits per heavy atom. The number of anilines is 2. The minimum atomic E-state index is -3.80. The second-order valence-corrected chi connectivity index (χ2v) is 9.87. The van der Waals surface area contributed by atoms with Crippen LogP contribution in [-0.2, 0) is 26.9 Å². The van der Waals surface area contributed by atoms with E-state index in [0.29, 0.717) is 23.5 Å². The maximum absolute atomic E-state index is 13.9. The zero-order chi connectivity index (χ0) is 23.4. The van der Waals surface area contributed by atoms with Gasteiger partial charge in [-0.3, -0.25) is 9.59 Å². The van der Waals surface area contributed by atoms with Crippen LogP contribution in [0.3, 0.4) is 0 Å². The second-order valence-electron chi connectivity index (χ2n) is 7.76. The van der Waals surface area contributed by atoms with Crippen LogP contribution >= 0.6 is 0 Å². The number of carbonyl (C=O) groups excluding carboxylic acids is 2. The first-order valence-corrected chi connectivity index (χ1v) is 12.1. The molecule has 0 spiro atoms. The zero-order valence-electron chi connectivity index (χ0n) is 17.5. The zero-order valence-corrected chi connectivity index (χ0v) is 18.4. The minimum Gasteiger partial charge on any atom is -0.371 e. The molecule has 170 valence electrons. The third-order valence-corrected chi connectivity index (χ3v) is 6.83. The highest BCUT2D eigenvalue weighted by Crippen LogP contribution is 2.28. The van der Waals surface area contributed by atoms with Crippen molar-refractivity contribution >= 4 is 33.0 Å². The van der Waals surface area contributed by atoms with Gasteiger partial charge in [0, 0.05) is 17.7 Å². The summed E-state index contributed by atoms with van der Waals surface area (Å²) < 4.78 is 39.1. The van der Waals surface area contributed by atoms with Crippen LogP contribution in [-0.4, -0.2) is 32.0 Å². The number of benzene rings is 3. The van der Waals surface area contributed by atoms with Crippen molar-refractivity contribution < 1.29 is 22.4 Å². The van der Waals surface area contributed by atoms with Gasteiger partial charge in [-0.2, -0.15) is 0 Å². The average molecular weight is 468 g/mol. The van der Waals surface area contributed by atoms with Gasteiger partial charge in [0.05, 0.1) is 22.9 Å². The number of nitrogens with one attached hydrogen (secondary N) is 3. The van der Waals surface area contributed by atoms with Gasteiger partial charge in [0.1, 0.15) is 11.9 Å². The molecule has 1 unspecified atom stereocenters. The predicted octanol–water partition coefficient (Wildman–Crippen LogP) is 3.10. The lowest BCUT2D eigenvalue weighted by molar-refractivity contribution is -0.116. The molecule has 9 heteroatoms. The highest BCUT2D eigenvalue weighted by atomic mass is 32.2. The Bertz CT molecular complexity index is 1300. The summed E-state index contributed by atoms with van der Waals surface area (Å²) in [5.74, 6) is -2.46. The van der Waals surface area contributed by atoms with E-state index in [2.05, 4.69) is 16.0 Å². The fraction of sp³-hybridized carbons (Fsp3) is 0.167. The van der Waals surface area contributed by atoms with Crippen LogP contribution < -0.4 is 16.0 Å². The Labute approximate surface area is 190 Å². The number of hydrogen-bond donors (Lipinski definition) is 3. The van der Waals surface area contributed by atoms with Gasteiger partial charge in [0.2, 0.25) is 5.91 Å². The fourth-order valence-corrected chi connectivity index (χ4v) is 5.12. The maximum atomic E-state index is 13.9. The molecular formula is C24H22FN3O4S. The van der Waals surface area contributed by atoms with Crippen molar-refractivity contribution in [2.45, 2.75) is 18.3 Å². The number of hydrogen-bond acceptors (Lipinski definition) is 5. The Kier molecular flexibility index (Phi) is 6.41. The Morgan fingerprint density at radius 2 is 1.70 bits per heavy atom. The van der Waals surface area contributed by atoms with Crippen molar-refractivity contribution in [1.29, 1.82) is 0 Å². The van der Waals surface area contributed by atoms with Crippen molar-refractivity contribution in [1.82, 2.24) is 5.32 Å². The fourth-order valence-electron chi connectivity index (χ4n) is 3.55. The molecule has 0 fully saturated rings. The van der Waals surface area contributed by atoms with E-state index in [0.717, 1.165) is 5.56 Å². The molecule has 33 heavy (non-hydrogen) atoms. The number of amides is 2. The van der Waals surface area contributed by atoms with Crippen LogP contribution in [0.25, 0.3) is 0 Å². The highest BCUT2D eigenvalue weighted by molar-refractivity contribution is 7.90. The molecule has 4 rings (SSSR count). The lowest BCUT2D eigenvalue weighted by Crippen LogP contribution is -2.43. The maximum Gasteiger partial charge on any atom is 0.251 e. The van der Waals surface area contributed by atoms with E-state index in [-0.39, 0.29) is 11.5 Å². The lowest BCUT2D eigenvalue weighted by Gasteiger charge is -2.27.